The minimum Gasteiger partial charge on any atom is -0.497 e. The molecule has 0 fully saturated rings. The summed E-state index contributed by atoms with van der Waals surface area (Å²) in [6, 6.07) is 12.7. The molecule has 0 atom stereocenters. The van der Waals surface area contributed by atoms with Crippen LogP contribution in [0.1, 0.15) is 30.5 Å². The lowest BCUT2D eigenvalue weighted by atomic mass is 9.91. The maximum atomic E-state index is 6.16. The summed E-state index contributed by atoms with van der Waals surface area (Å²) in [4.78, 5) is 0. The van der Waals surface area contributed by atoms with E-state index in [1.54, 1.807) is 14.2 Å². The molecule has 1 aliphatic carbocycles. The highest BCUT2D eigenvalue weighted by atomic mass is 16.5. The molecule has 0 spiro atoms. The number of rotatable bonds is 5. The highest BCUT2D eigenvalue weighted by Gasteiger charge is 2.28. The first-order valence-corrected chi connectivity index (χ1v) is 9.17. The number of ether oxygens (including phenoxy) is 3. The maximum Gasteiger partial charge on any atom is 0.131 e. The predicted octanol–water partition coefficient (Wildman–Crippen LogP) is 5.39. The Morgan fingerprint density at radius 3 is 2.31 bits per heavy atom. The molecule has 26 heavy (non-hydrogen) atoms. The number of hydrogen-bond donors (Lipinski definition) is 0. The Bertz CT molecular complexity index is 989. The predicted molar refractivity (Wildman–Crippen MR) is 106 cm³/mol. The van der Waals surface area contributed by atoms with Gasteiger partial charge in [0.25, 0.3) is 0 Å². The Balaban J connectivity index is 2.07. The normalized spacial score (nSPS) is 12.0. The molecule has 0 saturated carbocycles. The maximum absolute atomic E-state index is 6.16. The lowest BCUT2D eigenvalue weighted by molar-refractivity contribution is 0.341. The Morgan fingerprint density at radius 2 is 1.62 bits per heavy atom. The first kappa shape index (κ1) is 16.8. The minimum atomic E-state index is 0.643. The van der Waals surface area contributed by atoms with E-state index in [1.165, 1.54) is 33.2 Å². The van der Waals surface area contributed by atoms with Gasteiger partial charge >= 0.3 is 0 Å². The summed E-state index contributed by atoms with van der Waals surface area (Å²) in [6.45, 7) is 4.91. The summed E-state index contributed by atoms with van der Waals surface area (Å²) in [5.41, 5.74) is 6.61. The van der Waals surface area contributed by atoms with E-state index in [9.17, 15) is 0 Å². The number of methoxy groups -OCH3 is 2. The molecule has 0 radical (unpaired) electrons. The minimum absolute atomic E-state index is 0.643. The SMILES string of the molecule is CCOc1c2c(c(CC)c3ccc(OC)cc13)-c1ccc(OC)cc1C2. The van der Waals surface area contributed by atoms with Crippen LogP contribution in [0.5, 0.6) is 17.2 Å². The molecule has 0 bridgehead atoms. The van der Waals surface area contributed by atoms with E-state index < -0.39 is 0 Å². The first-order valence-electron chi connectivity index (χ1n) is 9.17. The van der Waals surface area contributed by atoms with Gasteiger partial charge in [0.1, 0.15) is 17.2 Å². The zero-order valence-electron chi connectivity index (χ0n) is 15.8. The van der Waals surface area contributed by atoms with Gasteiger partial charge in [-0.2, -0.15) is 0 Å². The Labute approximate surface area is 154 Å². The molecule has 3 heteroatoms. The van der Waals surface area contributed by atoms with Gasteiger partial charge in [0.05, 0.1) is 20.8 Å². The Kier molecular flexibility index (Phi) is 4.23. The fraction of sp³-hybridized carbons (Fsp3) is 0.304. The van der Waals surface area contributed by atoms with Gasteiger partial charge in [0.2, 0.25) is 0 Å². The van der Waals surface area contributed by atoms with Crippen LogP contribution in [0.2, 0.25) is 0 Å². The van der Waals surface area contributed by atoms with Crippen molar-refractivity contribution < 1.29 is 14.2 Å². The van der Waals surface area contributed by atoms with E-state index in [1.807, 2.05) is 19.1 Å². The van der Waals surface area contributed by atoms with Gasteiger partial charge in [-0.1, -0.05) is 19.1 Å². The smallest absolute Gasteiger partial charge is 0.131 e. The third kappa shape index (κ3) is 2.42. The largest absolute Gasteiger partial charge is 0.497 e. The van der Waals surface area contributed by atoms with Crippen LogP contribution in [0.3, 0.4) is 0 Å². The Morgan fingerprint density at radius 1 is 0.885 bits per heavy atom. The molecule has 0 aliphatic heterocycles. The van der Waals surface area contributed by atoms with Crippen molar-refractivity contribution in [1.82, 2.24) is 0 Å². The molecular weight excluding hydrogens is 324 g/mol. The van der Waals surface area contributed by atoms with E-state index in [0.717, 1.165) is 35.5 Å². The number of benzene rings is 3. The third-order valence-electron chi connectivity index (χ3n) is 5.27. The molecule has 0 aromatic heterocycles. The van der Waals surface area contributed by atoms with Crippen LogP contribution in [0.15, 0.2) is 36.4 Å². The van der Waals surface area contributed by atoms with E-state index in [-0.39, 0.29) is 0 Å². The van der Waals surface area contributed by atoms with Crippen molar-refractivity contribution >= 4 is 10.8 Å². The van der Waals surface area contributed by atoms with E-state index in [2.05, 4.69) is 31.2 Å². The van der Waals surface area contributed by atoms with Gasteiger partial charge < -0.3 is 14.2 Å². The molecule has 0 saturated heterocycles. The Hall–Kier alpha value is -2.68. The zero-order chi connectivity index (χ0) is 18.3. The van der Waals surface area contributed by atoms with Crippen LogP contribution < -0.4 is 14.2 Å². The van der Waals surface area contributed by atoms with Crippen LogP contribution >= 0.6 is 0 Å². The molecule has 0 unspecified atom stereocenters. The monoisotopic (exact) mass is 348 g/mol. The zero-order valence-corrected chi connectivity index (χ0v) is 15.8. The van der Waals surface area contributed by atoms with Crippen LogP contribution in [-0.4, -0.2) is 20.8 Å². The number of fused-ring (bicyclic) bond motifs is 4. The van der Waals surface area contributed by atoms with Gasteiger partial charge in [-0.3, -0.25) is 0 Å². The van der Waals surface area contributed by atoms with Gasteiger partial charge in [-0.25, -0.2) is 0 Å². The second kappa shape index (κ2) is 6.56. The molecule has 3 nitrogen and oxygen atoms in total. The number of aryl methyl sites for hydroxylation is 1. The topological polar surface area (TPSA) is 27.7 Å². The summed E-state index contributed by atoms with van der Waals surface area (Å²) < 4.78 is 17.1. The highest BCUT2D eigenvalue weighted by Crippen LogP contribution is 2.49. The third-order valence-corrected chi connectivity index (χ3v) is 5.27. The molecule has 0 heterocycles. The summed E-state index contributed by atoms with van der Waals surface area (Å²) in [5.74, 6) is 2.75. The van der Waals surface area contributed by atoms with E-state index in [0.29, 0.717) is 6.61 Å². The van der Waals surface area contributed by atoms with E-state index >= 15 is 0 Å². The standard InChI is InChI=1S/C23H24O3/c1-5-17-19-10-8-16(25-4)13-20(19)23(26-6-2)21-12-14-11-15(24-3)7-9-18(14)22(17)21/h7-11,13H,5-6,12H2,1-4H3. The first-order chi connectivity index (χ1) is 12.7. The van der Waals surface area contributed by atoms with Crippen LogP contribution in [-0.2, 0) is 12.8 Å². The molecule has 134 valence electrons. The highest BCUT2D eigenvalue weighted by molar-refractivity contribution is 6.01. The van der Waals surface area contributed by atoms with Crippen molar-refractivity contribution in [3.63, 3.8) is 0 Å². The van der Waals surface area contributed by atoms with Crippen LogP contribution in [0.25, 0.3) is 21.9 Å². The average Bonchev–Trinajstić information content (AvgIpc) is 3.06. The van der Waals surface area contributed by atoms with Crippen LogP contribution in [0.4, 0.5) is 0 Å². The van der Waals surface area contributed by atoms with Crippen molar-refractivity contribution in [3.8, 4) is 28.4 Å². The summed E-state index contributed by atoms with van der Waals surface area (Å²) in [5, 5.41) is 2.39. The fourth-order valence-corrected chi connectivity index (χ4v) is 4.14. The molecule has 3 aromatic rings. The molecular formula is C23H24O3. The van der Waals surface area contributed by atoms with Crippen molar-refractivity contribution in [2.75, 3.05) is 20.8 Å². The molecule has 3 aromatic carbocycles. The summed E-state index contributed by atoms with van der Waals surface area (Å²) in [7, 11) is 3.42. The number of hydrogen-bond acceptors (Lipinski definition) is 3. The van der Waals surface area contributed by atoms with E-state index in [4.69, 9.17) is 14.2 Å². The lowest BCUT2D eigenvalue weighted by Gasteiger charge is -2.18. The summed E-state index contributed by atoms with van der Waals surface area (Å²) >= 11 is 0. The van der Waals surface area contributed by atoms with Gasteiger partial charge in [0.15, 0.2) is 0 Å². The fourth-order valence-electron chi connectivity index (χ4n) is 4.14. The van der Waals surface area contributed by atoms with Crippen molar-refractivity contribution in [2.45, 2.75) is 26.7 Å². The lowest BCUT2D eigenvalue weighted by Crippen LogP contribution is -2.01. The molecule has 0 amide bonds. The molecule has 4 rings (SSSR count). The van der Waals surface area contributed by atoms with Crippen molar-refractivity contribution in [1.29, 1.82) is 0 Å². The van der Waals surface area contributed by atoms with Crippen molar-refractivity contribution in [3.05, 3.63) is 53.1 Å². The van der Waals surface area contributed by atoms with Gasteiger partial charge in [-0.05, 0) is 65.3 Å². The summed E-state index contributed by atoms with van der Waals surface area (Å²) in [6.07, 6.45) is 1.85. The second-order valence-corrected chi connectivity index (χ2v) is 6.56. The molecule has 0 N–H and O–H groups in total. The van der Waals surface area contributed by atoms with Gasteiger partial charge in [0, 0.05) is 17.4 Å². The van der Waals surface area contributed by atoms with Crippen molar-refractivity contribution in [2.24, 2.45) is 0 Å². The van der Waals surface area contributed by atoms with Crippen LogP contribution in [0, 0.1) is 0 Å². The van der Waals surface area contributed by atoms with Gasteiger partial charge in [-0.15, -0.1) is 0 Å². The second-order valence-electron chi connectivity index (χ2n) is 6.56. The molecule has 1 aliphatic rings. The average molecular weight is 348 g/mol. The quantitative estimate of drug-likeness (QED) is 0.484.